The van der Waals surface area contributed by atoms with E-state index in [1.807, 2.05) is 30.3 Å². The van der Waals surface area contributed by atoms with Crippen LogP contribution in [0.4, 0.5) is 0 Å². The maximum absolute atomic E-state index is 6.06. The molecule has 0 atom stereocenters. The van der Waals surface area contributed by atoms with Gasteiger partial charge in [-0.05, 0) is 24.5 Å². The zero-order valence-corrected chi connectivity index (χ0v) is 11.9. The van der Waals surface area contributed by atoms with Crippen molar-refractivity contribution in [3.05, 3.63) is 52.4 Å². The molecule has 0 saturated heterocycles. The lowest BCUT2D eigenvalue weighted by molar-refractivity contribution is 0.0883. The number of hydrogen-bond donors (Lipinski definition) is 1. The summed E-state index contributed by atoms with van der Waals surface area (Å²) in [6.45, 7) is 1.64. The van der Waals surface area contributed by atoms with Crippen LogP contribution in [0.15, 0.2) is 34.9 Å². The molecule has 106 valence electrons. The first-order chi connectivity index (χ1) is 9.81. The van der Waals surface area contributed by atoms with Crippen molar-refractivity contribution in [1.29, 1.82) is 0 Å². The van der Waals surface area contributed by atoms with E-state index in [0.29, 0.717) is 19.3 Å². The van der Waals surface area contributed by atoms with E-state index in [4.69, 9.17) is 20.9 Å². The van der Waals surface area contributed by atoms with Gasteiger partial charge in [0.2, 0.25) is 0 Å². The van der Waals surface area contributed by atoms with Gasteiger partial charge in [0.1, 0.15) is 6.61 Å². The van der Waals surface area contributed by atoms with Crippen LogP contribution in [0.5, 0.6) is 0 Å². The van der Waals surface area contributed by atoms with Gasteiger partial charge in [0, 0.05) is 23.7 Å². The topological polar surface area (TPSA) is 47.3 Å². The molecule has 0 aliphatic heterocycles. The number of ether oxygens (including phenoxy) is 1. The minimum atomic E-state index is 0.404. The van der Waals surface area contributed by atoms with E-state index in [9.17, 15) is 0 Å². The lowest BCUT2D eigenvalue weighted by Gasteiger charge is -2.03. The summed E-state index contributed by atoms with van der Waals surface area (Å²) in [4.78, 5) is 0. The van der Waals surface area contributed by atoms with Gasteiger partial charge in [0.25, 0.3) is 0 Å². The van der Waals surface area contributed by atoms with Gasteiger partial charge in [-0.15, -0.1) is 0 Å². The Labute approximate surface area is 123 Å². The summed E-state index contributed by atoms with van der Waals surface area (Å²) in [7, 11) is 0. The van der Waals surface area contributed by atoms with Crippen molar-refractivity contribution in [2.24, 2.45) is 0 Å². The van der Waals surface area contributed by atoms with Crippen molar-refractivity contribution in [3.8, 4) is 0 Å². The molecular formula is C15H17ClN2O2. The molecule has 2 aromatic rings. The quantitative estimate of drug-likeness (QED) is 0.850. The van der Waals surface area contributed by atoms with Crippen molar-refractivity contribution >= 4 is 11.6 Å². The highest BCUT2D eigenvalue weighted by molar-refractivity contribution is 6.31. The van der Waals surface area contributed by atoms with Gasteiger partial charge in [0.05, 0.1) is 12.3 Å². The molecule has 1 heterocycles. The molecule has 4 nitrogen and oxygen atoms in total. The molecule has 0 spiro atoms. The average molecular weight is 293 g/mol. The van der Waals surface area contributed by atoms with Gasteiger partial charge in [-0.2, -0.15) is 0 Å². The molecule has 1 saturated carbocycles. The molecule has 0 bridgehead atoms. The largest absolute Gasteiger partial charge is 0.369 e. The van der Waals surface area contributed by atoms with Crippen LogP contribution in [0.2, 0.25) is 5.02 Å². The lowest BCUT2D eigenvalue weighted by atomic mass is 10.2. The molecular weight excluding hydrogens is 276 g/mol. The van der Waals surface area contributed by atoms with Crippen LogP contribution in [0.1, 0.15) is 29.9 Å². The van der Waals surface area contributed by atoms with E-state index < -0.39 is 0 Å². The van der Waals surface area contributed by atoms with Crippen molar-refractivity contribution in [2.45, 2.75) is 38.6 Å². The number of rotatable bonds is 7. The smallest absolute Gasteiger partial charge is 0.162 e. The van der Waals surface area contributed by atoms with Crippen LogP contribution < -0.4 is 5.32 Å². The van der Waals surface area contributed by atoms with Crippen molar-refractivity contribution < 1.29 is 9.26 Å². The third-order valence-corrected chi connectivity index (χ3v) is 3.59. The minimum Gasteiger partial charge on any atom is -0.369 e. The van der Waals surface area contributed by atoms with Gasteiger partial charge >= 0.3 is 0 Å². The molecule has 0 unspecified atom stereocenters. The van der Waals surface area contributed by atoms with Crippen LogP contribution in [0, 0.1) is 0 Å². The Morgan fingerprint density at radius 1 is 1.30 bits per heavy atom. The number of nitrogens with zero attached hydrogens (tertiary/aromatic N) is 1. The Balaban J connectivity index is 1.45. The maximum Gasteiger partial charge on any atom is 0.162 e. The monoisotopic (exact) mass is 292 g/mol. The average Bonchev–Trinajstić information content (AvgIpc) is 3.18. The second kappa shape index (κ2) is 6.39. The van der Waals surface area contributed by atoms with Crippen molar-refractivity contribution in [2.75, 3.05) is 0 Å². The van der Waals surface area contributed by atoms with Crippen molar-refractivity contribution in [1.82, 2.24) is 10.5 Å². The summed E-state index contributed by atoms with van der Waals surface area (Å²) in [5.74, 6) is 0.740. The van der Waals surface area contributed by atoms with Crippen LogP contribution >= 0.6 is 11.6 Å². The highest BCUT2D eigenvalue weighted by Gasteiger charge is 2.20. The zero-order valence-electron chi connectivity index (χ0n) is 11.1. The second-order valence-corrected chi connectivity index (χ2v) is 5.43. The van der Waals surface area contributed by atoms with Crippen LogP contribution in [0.3, 0.4) is 0 Å². The number of aromatic nitrogens is 1. The predicted octanol–water partition coefficient (Wildman–Crippen LogP) is 3.30. The SMILES string of the molecule is Clc1ccccc1COCc1cc(CNC2CC2)no1. The Morgan fingerprint density at radius 3 is 2.95 bits per heavy atom. The first kappa shape index (κ1) is 13.6. The van der Waals surface area contributed by atoms with E-state index in [1.54, 1.807) is 0 Å². The Bertz CT molecular complexity index is 567. The minimum absolute atomic E-state index is 0.404. The van der Waals surface area contributed by atoms with E-state index in [1.165, 1.54) is 12.8 Å². The van der Waals surface area contributed by atoms with Gasteiger partial charge in [0.15, 0.2) is 5.76 Å². The fourth-order valence-corrected chi connectivity index (χ4v) is 2.11. The number of hydrogen-bond acceptors (Lipinski definition) is 4. The second-order valence-electron chi connectivity index (χ2n) is 5.02. The maximum atomic E-state index is 6.06. The van der Waals surface area contributed by atoms with Gasteiger partial charge < -0.3 is 14.6 Å². The summed E-state index contributed by atoms with van der Waals surface area (Å²) < 4.78 is 10.8. The fourth-order valence-electron chi connectivity index (χ4n) is 1.92. The van der Waals surface area contributed by atoms with Crippen LogP contribution in [0.25, 0.3) is 0 Å². The molecule has 1 aromatic heterocycles. The number of halogens is 1. The first-order valence-corrected chi connectivity index (χ1v) is 7.18. The standard InChI is InChI=1S/C15H17ClN2O2/c16-15-4-2-1-3-11(15)9-19-10-14-7-13(18-20-14)8-17-12-5-6-12/h1-4,7,12,17H,5-6,8-10H2. The molecule has 0 amide bonds. The third-order valence-electron chi connectivity index (χ3n) is 3.22. The highest BCUT2D eigenvalue weighted by Crippen LogP contribution is 2.19. The molecule has 1 N–H and O–H groups in total. The van der Waals surface area contributed by atoms with Crippen molar-refractivity contribution in [3.63, 3.8) is 0 Å². The fraction of sp³-hybridized carbons (Fsp3) is 0.400. The summed E-state index contributed by atoms with van der Waals surface area (Å²) >= 11 is 6.06. The lowest BCUT2D eigenvalue weighted by Crippen LogP contribution is -2.15. The van der Waals surface area contributed by atoms with E-state index in [0.717, 1.165) is 28.6 Å². The van der Waals surface area contributed by atoms with Gasteiger partial charge in [-0.1, -0.05) is 35.0 Å². The summed E-state index contributed by atoms with van der Waals surface area (Å²) in [6.07, 6.45) is 2.54. The summed E-state index contributed by atoms with van der Waals surface area (Å²) in [6, 6.07) is 10.3. The van der Waals surface area contributed by atoms with E-state index in [-0.39, 0.29) is 0 Å². The molecule has 1 aliphatic carbocycles. The zero-order chi connectivity index (χ0) is 13.8. The first-order valence-electron chi connectivity index (χ1n) is 6.80. The highest BCUT2D eigenvalue weighted by atomic mass is 35.5. The number of nitrogens with one attached hydrogen (secondary N) is 1. The predicted molar refractivity (Wildman–Crippen MR) is 76.3 cm³/mol. The number of benzene rings is 1. The van der Waals surface area contributed by atoms with Gasteiger partial charge in [-0.25, -0.2) is 0 Å². The molecule has 1 aliphatic rings. The Hall–Kier alpha value is -1.36. The molecule has 1 aromatic carbocycles. The molecule has 0 radical (unpaired) electrons. The molecule has 1 fully saturated rings. The van der Waals surface area contributed by atoms with Crippen LogP contribution in [-0.4, -0.2) is 11.2 Å². The normalized spacial score (nSPS) is 14.7. The molecule has 5 heteroatoms. The van der Waals surface area contributed by atoms with E-state index in [2.05, 4.69) is 10.5 Å². The van der Waals surface area contributed by atoms with E-state index >= 15 is 0 Å². The van der Waals surface area contributed by atoms with Gasteiger partial charge in [-0.3, -0.25) is 0 Å². The third kappa shape index (κ3) is 3.82. The summed E-state index contributed by atoms with van der Waals surface area (Å²) in [5, 5.41) is 8.13. The van der Waals surface area contributed by atoms with Crippen LogP contribution in [-0.2, 0) is 24.5 Å². The summed E-state index contributed by atoms with van der Waals surface area (Å²) in [5.41, 5.74) is 1.90. The molecule has 20 heavy (non-hydrogen) atoms. The molecule has 3 rings (SSSR count). The Kier molecular flexibility index (Phi) is 4.35. The Morgan fingerprint density at radius 2 is 2.15 bits per heavy atom.